The first kappa shape index (κ1) is 17.0. The SMILES string of the molecule is CCCC(C)N(C)C(=O)NCC(C(=O)O)c1ccccc1. The van der Waals surface area contributed by atoms with Crippen LogP contribution in [0.25, 0.3) is 0 Å². The van der Waals surface area contributed by atoms with Crippen LogP contribution in [0.1, 0.15) is 38.2 Å². The lowest BCUT2D eigenvalue weighted by molar-refractivity contribution is -0.138. The molecule has 1 aromatic carbocycles. The van der Waals surface area contributed by atoms with E-state index in [1.54, 1.807) is 36.2 Å². The van der Waals surface area contributed by atoms with E-state index in [2.05, 4.69) is 12.2 Å². The van der Waals surface area contributed by atoms with Crippen LogP contribution >= 0.6 is 0 Å². The summed E-state index contributed by atoms with van der Waals surface area (Å²) < 4.78 is 0. The fourth-order valence-electron chi connectivity index (χ4n) is 2.16. The van der Waals surface area contributed by atoms with E-state index in [0.717, 1.165) is 12.8 Å². The number of carboxylic acids is 1. The third-order valence-corrected chi connectivity index (χ3v) is 3.65. The molecule has 0 aliphatic heterocycles. The second-order valence-corrected chi connectivity index (χ2v) is 5.24. The number of urea groups is 1. The van der Waals surface area contributed by atoms with Crippen LogP contribution in [0, 0.1) is 0 Å². The van der Waals surface area contributed by atoms with Crippen molar-refractivity contribution in [3.05, 3.63) is 35.9 Å². The molecule has 0 aliphatic carbocycles. The summed E-state index contributed by atoms with van der Waals surface area (Å²) in [5.74, 6) is -1.67. The van der Waals surface area contributed by atoms with Gasteiger partial charge in [-0.25, -0.2) is 4.79 Å². The summed E-state index contributed by atoms with van der Waals surface area (Å²) in [5.41, 5.74) is 0.689. The highest BCUT2D eigenvalue weighted by atomic mass is 16.4. The number of carbonyl (C=O) groups is 2. The minimum Gasteiger partial charge on any atom is -0.481 e. The van der Waals surface area contributed by atoms with Crippen LogP contribution in [0.3, 0.4) is 0 Å². The number of carboxylic acid groups (broad SMARTS) is 1. The Balaban J connectivity index is 2.62. The van der Waals surface area contributed by atoms with Crippen molar-refractivity contribution < 1.29 is 14.7 Å². The first-order valence-electron chi connectivity index (χ1n) is 7.25. The Bertz CT molecular complexity index is 462. The zero-order valence-corrected chi connectivity index (χ0v) is 12.9. The maximum atomic E-state index is 12.0. The van der Waals surface area contributed by atoms with Crippen molar-refractivity contribution in [1.82, 2.24) is 10.2 Å². The van der Waals surface area contributed by atoms with Gasteiger partial charge in [0.1, 0.15) is 0 Å². The molecule has 5 heteroatoms. The van der Waals surface area contributed by atoms with Crippen LogP contribution in [0.15, 0.2) is 30.3 Å². The van der Waals surface area contributed by atoms with Gasteiger partial charge in [0.25, 0.3) is 0 Å². The molecule has 2 unspecified atom stereocenters. The zero-order valence-electron chi connectivity index (χ0n) is 12.9. The molecular formula is C16H24N2O3. The second-order valence-electron chi connectivity index (χ2n) is 5.24. The maximum Gasteiger partial charge on any atom is 0.317 e. The highest BCUT2D eigenvalue weighted by molar-refractivity contribution is 5.79. The maximum absolute atomic E-state index is 12.0. The Labute approximate surface area is 126 Å². The molecule has 1 aromatic rings. The van der Waals surface area contributed by atoms with Crippen LogP contribution in [0.4, 0.5) is 4.79 Å². The zero-order chi connectivity index (χ0) is 15.8. The number of hydrogen-bond donors (Lipinski definition) is 2. The number of benzene rings is 1. The van der Waals surface area contributed by atoms with Gasteiger partial charge in [0.15, 0.2) is 0 Å². The van der Waals surface area contributed by atoms with Gasteiger partial charge in [-0.1, -0.05) is 43.7 Å². The predicted molar refractivity (Wildman–Crippen MR) is 82.4 cm³/mol. The van der Waals surface area contributed by atoms with Gasteiger partial charge in [-0.2, -0.15) is 0 Å². The third-order valence-electron chi connectivity index (χ3n) is 3.65. The Morgan fingerprint density at radius 1 is 1.29 bits per heavy atom. The van der Waals surface area contributed by atoms with Crippen molar-refractivity contribution in [2.45, 2.75) is 38.6 Å². The number of amides is 2. The van der Waals surface area contributed by atoms with Gasteiger partial charge >= 0.3 is 12.0 Å². The molecule has 1 rings (SSSR count). The standard InChI is InChI=1S/C16H24N2O3/c1-4-8-12(2)18(3)16(21)17-11-14(15(19)20)13-9-6-5-7-10-13/h5-7,9-10,12,14H,4,8,11H2,1-3H3,(H,17,21)(H,19,20). The van der Waals surface area contributed by atoms with Gasteiger partial charge < -0.3 is 15.3 Å². The summed E-state index contributed by atoms with van der Waals surface area (Å²) in [6.45, 7) is 4.13. The number of nitrogens with one attached hydrogen (secondary N) is 1. The first-order valence-corrected chi connectivity index (χ1v) is 7.25. The quantitative estimate of drug-likeness (QED) is 0.811. The summed E-state index contributed by atoms with van der Waals surface area (Å²) in [5, 5.41) is 12.0. The van der Waals surface area contributed by atoms with Gasteiger partial charge in [-0.3, -0.25) is 4.79 Å². The topological polar surface area (TPSA) is 69.6 Å². The van der Waals surface area contributed by atoms with Gasteiger partial charge in [0, 0.05) is 19.6 Å². The smallest absolute Gasteiger partial charge is 0.317 e. The van der Waals surface area contributed by atoms with Gasteiger partial charge in [0.2, 0.25) is 0 Å². The van der Waals surface area contributed by atoms with E-state index in [0.29, 0.717) is 5.56 Å². The monoisotopic (exact) mass is 292 g/mol. The van der Waals surface area contributed by atoms with Crippen molar-refractivity contribution in [1.29, 1.82) is 0 Å². The lowest BCUT2D eigenvalue weighted by Crippen LogP contribution is -2.44. The van der Waals surface area contributed by atoms with Crippen molar-refractivity contribution >= 4 is 12.0 Å². The molecule has 0 aliphatic rings. The lowest BCUT2D eigenvalue weighted by Gasteiger charge is -2.25. The van der Waals surface area contributed by atoms with Crippen LogP contribution < -0.4 is 5.32 Å². The van der Waals surface area contributed by atoms with E-state index in [-0.39, 0.29) is 18.6 Å². The van der Waals surface area contributed by atoms with Crippen LogP contribution in [0.2, 0.25) is 0 Å². The van der Waals surface area contributed by atoms with Crippen molar-refractivity contribution in [3.63, 3.8) is 0 Å². The van der Waals surface area contributed by atoms with Crippen molar-refractivity contribution in [2.75, 3.05) is 13.6 Å². The predicted octanol–water partition coefficient (Wildman–Crippen LogP) is 2.68. The molecule has 0 aromatic heterocycles. The molecule has 2 atom stereocenters. The molecule has 0 fully saturated rings. The minimum absolute atomic E-state index is 0.0847. The fraction of sp³-hybridized carbons (Fsp3) is 0.500. The normalized spacial score (nSPS) is 13.3. The van der Waals surface area contributed by atoms with E-state index < -0.39 is 11.9 Å². The lowest BCUT2D eigenvalue weighted by atomic mass is 9.99. The average molecular weight is 292 g/mol. The molecule has 0 bridgehead atoms. The fourth-order valence-corrected chi connectivity index (χ4v) is 2.16. The van der Waals surface area contributed by atoms with Crippen LogP contribution in [-0.2, 0) is 4.79 Å². The average Bonchev–Trinajstić information content (AvgIpc) is 2.47. The van der Waals surface area contributed by atoms with Crippen molar-refractivity contribution in [3.8, 4) is 0 Å². The molecule has 5 nitrogen and oxygen atoms in total. The Morgan fingerprint density at radius 2 is 1.90 bits per heavy atom. The number of hydrogen-bond acceptors (Lipinski definition) is 2. The van der Waals surface area contributed by atoms with E-state index >= 15 is 0 Å². The Kier molecular flexibility index (Phi) is 6.72. The highest BCUT2D eigenvalue weighted by Gasteiger charge is 2.22. The first-order chi connectivity index (χ1) is 9.97. The van der Waals surface area contributed by atoms with Crippen molar-refractivity contribution in [2.24, 2.45) is 0 Å². The molecule has 116 valence electrons. The molecular weight excluding hydrogens is 268 g/mol. The molecule has 0 spiro atoms. The summed E-state index contributed by atoms with van der Waals surface area (Å²) in [6.07, 6.45) is 1.92. The molecule has 2 amide bonds. The van der Waals surface area contributed by atoms with Gasteiger partial charge in [-0.05, 0) is 18.9 Å². The second kappa shape index (κ2) is 8.29. The molecule has 0 saturated carbocycles. The van der Waals surface area contributed by atoms with E-state index in [1.807, 2.05) is 13.0 Å². The van der Waals surface area contributed by atoms with Gasteiger partial charge in [-0.15, -0.1) is 0 Å². The number of nitrogens with zero attached hydrogens (tertiary/aromatic N) is 1. The summed E-state index contributed by atoms with van der Waals surface area (Å²) in [4.78, 5) is 25.0. The summed E-state index contributed by atoms with van der Waals surface area (Å²) in [6, 6.07) is 8.84. The molecule has 21 heavy (non-hydrogen) atoms. The van der Waals surface area contributed by atoms with Crippen LogP contribution in [-0.4, -0.2) is 41.6 Å². The van der Waals surface area contributed by atoms with E-state index in [9.17, 15) is 14.7 Å². The third kappa shape index (κ3) is 5.10. The van der Waals surface area contributed by atoms with E-state index in [4.69, 9.17) is 0 Å². The largest absolute Gasteiger partial charge is 0.481 e. The van der Waals surface area contributed by atoms with Gasteiger partial charge in [0.05, 0.1) is 5.92 Å². The number of rotatable bonds is 7. The summed E-state index contributed by atoms with van der Waals surface area (Å²) in [7, 11) is 1.73. The molecule has 0 heterocycles. The minimum atomic E-state index is -0.939. The van der Waals surface area contributed by atoms with Crippen LogP contribution in [0.5, 0.6) is 0 Å². The molecule has 0 saturated heterocycles. The molecule has 0 radical (unpaired) electrons. The highest BCUT2D eigenvalue weighted by Crippen LogP contribution is 2.15. The Morgan fingerprint density at radius 3 is 2.43 bits per heavy atom. The number of carbonyl (C=O) groups excluding carboxylic acids is 1. The molecule has 2 N–H and O–H groups in total. The summed E-state index contributed by atoms with van der Waals surface area (Å²) >= 11 is 0. The van der Waals surface area contributed by atoms with E-state index in [1.165, 1.54) is 0 Å². The number of aliphatic carboxylic acids is 1. The Hall–Kier alpha value is -2.04.